The highest BCUT2D eigenvalue weighted by Crippen LogP contribution is 2.30. The van der Waals surface area contributed by atoms with Crippen molar-refractivity contribution >= 4 is 16.8 Å². The van der Waals surface area contributed by atoms with E-state index in [4.69, 9.17) is 4.74 Å². The number of halogens is 1. The quantitative estimate of drug-likeness (QED) is 0.823. The fraction of sp³-hybridized carbons (Fsp3) is 0.550. The van der Waals surface area contributed by atoms with E-state index in [9.17, 15) is 9.18 Å². The minimum absolute atomic E-state index is 0.0812. The van der Waals surface area contributed by atoms with Gasteiger partial charge >= 0.3 is 0 Å². The number of hydrogen-bond donors (Lipinski definition) is 0. The van der Waals surface area contributed by atoms with Crippen LogP contribution < -0.4 is 0 Å². The normalized spacial score (nSPS) is 23.8. The number of hydrogen-bond acceptors (Lipinski definition) is 3. The Morgan fingerprint density at radius 1 is 1.23 bits per heavy atom. The molecule has 1 amide bonds. The van der Waals surface area contributed by atoms with Crippen LogP contribution >= 0.6 is 0 Å². The first kappa shape index (κ1) is 17.5. The highest BCUT2D eigenvalue weighted by Gasteiger charge is 2.40. The van der Waals surface area contributed by atoms with Crippen LogP contribution in [0.5, 0.6) is 0 Å². The molecule has 3 saturated heterocycles. The molecule has 5 nitrogen and oxygen atoms in total. The molecule has 1 aromatic carbocycles. The molecule has 4 heterocycles. The van der Waals surface area contributed by atoms with Crippen LogP contribution in [-0.4, -0.2) is 59.7 Å². The highest BCUT2D eigenvalue weighted by molar-refractivity contribution is 5.81. The molecule has 2 atom stereocenters. The van der Waals surface area contributed by atoms with Gasteiger partial charge in [-0.1, -0.05) is 0 Å². The molecule has 0 radical (unpaired) electrons. The van der Waals surface area contributed by atoms with Crippen LogP contribution in [0.2, 0.25) is 0 Å². The largest absolute Gasteiger partial charge is 0.383 e. The predicted octanol–water partition coefficient (Wildman–Crippen LogP) is 2.39. The molecule has 140 valence electrons. The van der Waals surface area contributed by atoms with Gasteiger partial charge in [0.1, 0.15) is 5.82 Å². The lowest BCUT2D eigenvalue weighted by atomic mass is 9.94. The van der Waals surface area contributed by atoms with Crippen molar-refractivity contribution in [1.82, 2.24) is 14.4 Å². The lowest BCUT2D eigenvalue weighted by Gasteiger charge is -2.35. The van der Waals surface area contributed by atoms with Gasteiger partial charge in [0, 0.05) is 63.0 Å². The van der Waals surface area contributed by atoms with Gasteiger partial charge in [-0.2, -0.15) is 0 Å². The topological polar surface area (TPSA) is 37.7 Å². The van der Waals surface area contributed by atoms with E-state index in [0.29, 0.717) is 13.2 Å². The second-order valence-corrected chi connectivity index (χ2v) is 7.54. The van der Waals surface area contributed by atoms with Crippen molar-refractivity contribution in [1.29, 1.82) is 0 Å². The maximum atomic E-state index is 13.5. The average molecular weight is 359 g/mol. The highest BCUT2D eigenvalue weighted by atomic mass is 19.1. The summed E-state index contributed by atoms with van der Waals surface area (Å²) >= 11 is 0. The van der Waals surface area contributed by atoms with Crippen molar-refractivity contribution in [2.45, 2.75) is 25.4 Å². The number of piperidine rings is 1. The number of benzene rings is 1. The summed E-state index contributed by atoms with van der Waals surface area (Å²) in [5, 5.41) is 0.929. The van der Waals surface area contributed by atoms with E-state index < -0.39 is 0 Å². The van der Waals surface area contributed by atoms with Crippen LogP contribution in [0.1, 0.15) is 18.5 Å². The summed E-state index contributed by atoms with van der Waals surface area (Å²) in [5.41, 5.74) is 2.19. The molecule has 2 aromatic rings. The molecule has 0 N–H and O–H groups in total. The zero-order valence-corrected chi connectivity index (χ0v) is 15.4. The van der Waals surface area contributed by atoms with Gasteiger partial charge in [-0.25, -0.2) is 4.39 Å². The first-order chi connectivity index (χ1) is 12.6. The molecule has 3 aliphatic rings. The van der Waals surface area contributed by atoms with Gasteiger partial charge in [0.15, 0.2) is 0 Å². The van der Waals surface area contributed by atoms with Gasteiger partial charge in [0.2, 0.25) is 5.91 Å². The van der Waals surface area contributed by atoms with Crippen LogP contribution in [0.3, 0.4) is 0 Å². The maximum Gasteiger partial charge on any atom is 0.227 e. The summed E-state index contributed by atoms with van der Waals surface area (Å²) < 4.78 is 20.8. The molecule has 3 fully saturated rings. The van der Waals surface area contributed by atoms with E-state index in [1.165, 1.54) is 6.07 Å². The molecule has 6 heteroatoms. The zero-order chi connectivity index (χ0) is 18.3. The number of methoxy groups -OCH3 is 1. The lowest BCUT2D eigenvalue weighted by Crippen LogP contribution is -2.49. The summed E-state index contributed by atoms with van der Waals surface area (Å²) in [6.07, 6.45) is 2.04. The SMILES string of the molecule is COCCN1C(=O)[C@H]2CC[C@@H]1CN(Cc1cc3cc(F)ccc3n1C)C2. The Kier molecular flexibility index (Phi) is 4.71. The smallest absolute Gasteiger partial charge is 0.227 e. The molecule has 5 rings (SSSR count). The van der Waals surface area contributed by atoms with E-state index in [1.54, 1.807) is 13.2 Å². The summed E-state index contributed by atoms with van der Waals surface area (Å²) in [6, 6.07) is 7.25. The molecule has 26 heavy (non-hydrogen) atoms. The number of carbonyl (C=O) groups excluding carboxylic acids is 1. The Balaban J connectivity index is 1.54. The van der Waals surface area contributed by atoms with Gasteiger partial charge in [0.25, 0.3) is 0 Å². The van der Waals surface area contributed by atoms with E-state index in [2.05, 4.69) is 15.5 Å². The van der Waals surface area contributed by atoms with Crippen LogP contribution in [0.15, 0.2) is 24.3 Å². The van der Waals surface area contributed by atoms with Crippen LogP contribution in [-0.2, 0) is 23.1 Å². The van der Waals surface area contributed by atoms with Crippen molar-refractivity contribution < 1.29 is 13.9 Å². The standard InChI is InChI=1S/C20H26FN3O2/c1-22-18(10-15-9-16(21)4-6-19(15)22)13-23-11-14-3-5-17(12-23)24(20(14)25)7-8-26-2/h4,6,9-10,14,17H,3,5,7-8,11-13H2,1-2H3/t14-,17+/m0/s1. The van der Waals surface area contributed by atoms with E-state index in [0.717, 1.165) is 49.1 Å². The number of fused-ring (bicyclic) bond motifs is 5. The Hall–Kier alpha value is -1.92. The lowest BCUT2D eigenvalue weighted by molar-refractivity contribution is -0.140. The maximum absolute atomic E-state index is 13.5. The van der Waals surface area contributed by atoms with Crippen molar-refractivity contribution in [3.63, 3.8) is 0 Å². The monoisotopic (exact) mass is 359 g/mol. The summed E-state index contributed by atoms with van der Waals surface area (Å²) in [5.74, 6) is 0.152. The molecule has 0 aliphatic carbocycles. The van der Waals surface area contributed by atoms with E-state index >= 15 is 0 Å². The van der Waals surface area contributed by atoms with Crippen molar-refractivity contribution in [2.75, 3.05) is 33.4 Å². The molecule has 0 unspecified atom stereocenters. The van der Waals surface area contributed by atoms with Gasteiger partial charge in [-0.05, 0) is 37.1 Å². The molecule has 3 aliphatic heterocycles. The number of aromatic nitrogens is 1. The fourth-order valence-electron chi connectivity index (χ4n) is 4.50. The third-order valence-electron chi connectivity index (χ3n) is 5.89. The van der Waals surface area contributed by atoms with Crippen LogP contribution in [0.25, 0.3) is 10.9 Å². The van der Waals surface area contributed by atoms with Crippen LogP contribution in [0.4, 0.5) is 4.39 Å². The zero-order valence-electron chi connectivity index (χ0n) is 15.4. The third-order valence-corrected chi connectivity index (χ3v) is 5.89. The Labute approximate surface area is 153 Å². The first-order valence-corrected chi connectivity index (χ1v) is 9.32. The molecular weight excluding hydrogens is 333 g/mol. The van der Waals surface area contributed by atoms with E-state index in [1.807, 2.05) is 18.0 Å². The Bertz CT molecular complexity index is 819. The first-order valence-electron chi connectivity index (χ1n) is 9.32. The summed E-state index contributed by atoms with van der Waals surface area (Å²) in [4.78, 5) is 17.2. The molecule has 0 spiro atoms. The minimum atomic E-state index is -0.207. The molecule has 0 saturated carbocycles. The fourth-order valence-corrected chi connectivity index (χ4v) is 4.50. The average Bonchev–Trinajstić information content (AvgIpc) is 2.76. The van der Waals surface area contributed by atoms with Gasteiger partial charge in [-0.15, -0.1) is 0 Å². The number of rotatable bonds is 5. The van der Waals surface area contributed by atoms with E-state index in [-0.39, 0.29) is 23.7 Å². The Morgan fingerprint density at radius 3 is 2.88 bits per heavy atom. The van der Waals surface area contributed by atoms with Crippen molar-refractivity contribution in [3.05, 3.63) is 35.8 Å². The summed E-state index contributed by atoms with van der Waals surface area (Å²) in [7, 11) is 3.70. The van der Waals surface area contributed by atoms with Crippen LogP contribution in [0, 0.1) is 11.7 Å². The second kappa shape index (κ2) is 7.00. The number of ether oxygens (including phenoxy) is 1. The molecular formula is C20H26FN3O2. The predicted molar refractivity (Wildman–Crippen MR) is 98.3 cm³/mol. The number of amides is 1. The second-order valence-electron chi connectivity index (χ2n) is 7.54. The number of aryl methyl sites for hydroxylation is 1. The van der Waals surface area contributed by atoms with Crippen molar-refractivity contribution in [3.8, 4) is 0 Å². The Morgan fingerprint density at radius 2 is 2.08 bits per heavy atom. The van der Waals surface area contributed by atoms with Gasteiger partial charge in [-0.3, -0.25) is 9.69 Å². The third kappa shape index (κ3) is 3.12. The number of carbonyl (C=O) groups is 1. The van der Waals surface area contributed by atoms with Crippen molar-refractivity contribution in [2.24, 2.45) is 13.0 Å². The minimum Gasteiger partial charge on any atom is -0.383 e. The summed E-state index contributed by atoms with van der Waals surface area (Å²) in [6.45, 7) is 3.74. The molecule has 2 bridgehead atoms. The van der Waals surface area contributed by atoms with Gasteiger partial charge < -0.3 is 14.2 Å². The van der Waals surface area contributed by atoms with Gasteiger partial charge in [0.05, 0.1) is 12.5 Å². The number of nitrogens with zero attached hydrogens (tertiary/aromatic N) is 3. The molecule has 1 aromatic heterocycles.